The van der Waals surface area contributed by atoms with Crippen molar-refractivity contribution in [3.05, 3.63) is 36.7 Å². The first-order valence-electron chi connectivity index (χ1n) is 7.73. The van der Waals surface area contributed by atoms with Gasteiger partial charge in [-0.1, -0.05) is 12.1 Å². The maximum absolute atomic E-state index is 12.4. The average Bonchev–Trinajstić information content (AvgIpc) is 3.23. The van der Waals surface area contributed by atoms with E-state index in [4.69, 9.17) is 9.47 Å². The van der Waals surface area contributed by atoms with Gasteiger partial charge < -0.3 is 23.9 Å². The van der Waals surface area contributed by atoms with E-state index in [-0.39, 0.29) is 24.5 Å². The van der Waals surface area contributed by atoms with Gasteiger partial charge in [0.1, 0.15) is 29.9 Å². The van der Waals surface area contributed by atoms with E-state index < -0.39 is 18.6 Å². The zero-order chi connectivity index (χ0) is 17.6. The Labute approximate surface area is 140 Å². The van der Waals surface area contributed by atoms with Gasteiger partial charge in [-0.25, -0.2) is 4.98 Å². The summed E-state index contributed by atoms with van der Waals surface area (Å²) in [6.45, 7) is 0.527. The molecule has 2 aliphatic heterocycles. The van der Waals surface area contributed by atoms with Crippen LogP contribution in [0.1, 0.15) is 6.04 Å². The third-order valence-electron chi connectivity index (χ3n) is 4.35. The molecule has 4 rings (SSSR count). The molecule has 0 amide bonds. The van der Waals surface area contributed by atoms with Crippen LogP contribution in [0.2, 0.25) is 0 Å². The van der Waals surface area contributed by atoms with Crippen LogP contribution in [0.4, 0.5) is 13.2 Å². The van der Waals surface area contributed by atoms with Crippen LogP contribution in [0.5, 0.6) is 5.75 Å². The fraction of sp³-hybridized carbons (Fsp3) is 0.438. The minimum Gasteiger partial charge on any atom is -0.406 e. The molecule has 25 heavy (non-hydrogen) atoms. The molecular formula is C16H15F3N2O4. The van der Waals surface area contributed by atoms with Crippen molar-refractivity contribution in [1.82, 2.24) is 9.55 Å². The van der Waals surface area contributed by atoms with Crippen LogP contribution >= 0.6 is 0 Å². The van der Waals surface area contributed by atoms with Gasteiger partial charge in [0.05, 0.1) is 19.3 Å². The monoisotopic (exact) mass is 356 g/mol. The Morgan fingerprint density at radius 1 is 1.20 bits per heavy atom. The van der Waals surface area contributed by atoms with Crippen LogP contribution in [-0.2, 0) is 9.47 Å². The van der Waals surface area contributed by atoms with E-state index >= 15 is 0 Å². The standard InChI is InChI=1S/C16H15F3N2O4/c17-16(18,19)25-10-3-1-2-9(6-10)15-20-4-5-21(15)11-7-23-14-12(22)8-24-13(11)14/h1-6,11-14,22H,7-8H2/t11-,12-,13-,14-/m1/s1. The van der Waals surface area contributed by atoms with E-state index in [0.717, 1.165) is 0 Å². The van der Waals surface area contributed by atoms with E-state index in [9.17, 15) is 18.3 Å². The number of ether oxygens (including phenoxy) is 3. The molecule has 6 nitrogen and oxygen atoms in total. The van der Waals surface area contributed by atoms with Crippen molar-refractivity contribution in [3.8, 4) is 17.1 Å². The number of fused-ring (bicyclic) bond motifs is 1. The maximum atomic E-state index is 12.4. The van der Waals surface area contributed by atoms with Gasteiger partial charge in [-0.3, -0.25) is 0 Å². The van der Waals surface area contributed by atoms with Crippen molar-refractivity contribution in [1.29, 1.82) is 0 Å². The molecule has 1 aromatic carbocycles. The van der Waals surface area contributed by atoms with Crippen LogP contribution in [0.25, 0.3) is 11.4 Å². The molecule has 2 saturated heterocycles. The van der Waals surface area contributed by atoms with E-state index in [1.807, 2.05) is 0 Å². The smallest absolute Gasteiger partial charge is 0.406 e. The number of aromatic nitrogens is 2. The summed E-state index contributed by atoms with van der Waals surface area (Å²) in [6.07, 6.45) is -2.88. The van der Waals surface area contributed by atoms with Crippen LogP contribution in [0.15, 0.2) is 36.7 Å². The lowest BCUT2D eigenvalue weighted by Crippen LogP contribution is -2.30. The highest BCUT2D eigenvalue weighted by Gasteiger charge is 2.48. The minimum absolute atomic E-state index is 0.199. The van der Waals surface area contributed by atoms with Crippen molar-refractivity contribution < 1.29 is 32.5 Å². The topological polar surface area (TPSA) is 65.7 Å². The van der Waals surface area contributed by atoms with Gasteiger partial charge >= 0.3 is 6.36 Å². The molecule has 0 bridgehead atoms. The zero-order valence-electron chi connectivity index (χ0n) is 12.9. The fourth-order valence-corrected chi connectivity index (χ4v) is 3.33. The summed E-state index contributed by atoms with van der Waals surface area (Å²) in [7, 11) is 0. The first-order valence-corrected chi connectivity index (χ1v) is 7.73. The number of aliphatic hydroxyl groups excluding tert-OH is 1. The Morgan fingerprint density at radius 3 is 2.80 bits per heavy atom. The summed E-state index contributed by atoms with van der Waals surface area (Å²) < 4.78 is 54.3. The summed E-state index contributed by atoms with van der Waals surface area (Å²) in [5.74, 6) is 0.166. The van der Waals surface area contributed by atoms with Gasteiger partial charge in [0.2, 0.25) is 0 Å². The molecule has 2 aromatic rings. The molecular weight excluding hydrogens is 341 g/mol. The van der Waals surface area contributed by atoms with Gasteiger partial charge in [-0.15, -0.1) is 13.2 Å². The molecule has 134 valence electrons. The van der Waals surface area contributed by atoms with Crippen molar-refractivity contribution >= 4 is 0 Å². The van der Waals surface area contributed by atoms with Gasteiger partial charge in [0.15, 0.2) is 0 Å². The van der Waals surface area contributed by atoms with Crippen LogP contribution < -0.4 is 4.74 Å². The average molecular weight is 356 g/mol. The molecule has 3 heterocycles. The molecule has 1 N–H and O–H groups in total. The molecule has 0 saturated carbocycles. The fourth-order valence-electron chi connectivity index (χ4n) is 3.33. The third-order valence-corrected chi connectivity index (χ3v) is 4.35. The quantitative estimate of drug-likeness (QED) is 0.913. The molecule has 0 radical (unpaired) electrons. The van der Waals surface area contributed by atoms with Crippen molar-refractivity contribution in [3.63, 3.8) is 0 Å². The summed E-state index contributed by atoms with van der Waals surface area (Å²) >= 11 is 0. The predicted octanol–water partition coefficient (Wildman–Crippen LogP) is 2.15. The lowest BCUT2D eigenvalue weighted by atomic mass is 10.1. The molecule has 2 aliphatic rings. The van der Waals surface area contributed by atoms with Gasteiger partial charge in [-0.05, 0) is 12.1 Å². The third kappa shape index (κ3) is 3.10. The van der Waals surface area contributed by atoms with Gasteiger partial charge in [0.25, 0.3) is 0 Å². The maximum Gasteiger partial charge on any atom is 0.573 e. The number of imidazole rings is 1. The number of hydrogen-bond acceptors (Lipinski definition) is 5. The summed E-state index contributed by atoms with van der Waals surface area (Å²) in [5.41, 5.74) is 0.480. The Kier molecular flexibility index (Phi) is 3.94. The second-order valence-corrected chi connectivity index (χ2v) is 5.96. The SMILES string of the molecule is O[C@@H]1CO[C@H]2[C@@H]1OC[C@H]2n1ccnc1-c1cccc(OC(F)(F)F)c1. The van der Waals surface area contributed by atoms with Crippen LogP contribution in [0, 0.1) is 0 Å². The highest BCUT2D eigenvalue weighted by molar-refractivity contribution is 5.58. The zero-order valence-corrected chi connectivity index (χ0v) is 12.9. The number of halogens is 3. The summed E-state index contributed by atoms with van der Waals surface area (Å²) in [4.78, 5) is 4.25. The van der Waals surface area contributed by atoms with Crippen molar-refractivity contribution in [2.75, 3.05) is 13.2 Å². The first-order chi connectivity index (χ1) is 11.9. The number of benzene rings is 1. The lowest BCUT2D eigenvalue weighted by Gasteiger charge is -2.20. The molecule has 4 atom stereocenters. The molecule has 0 spiro atoms. The molecule has 2 fully saturated rings. The predicted molar refractivity (Wildman–Crippen MR) is 78.9 cm³/mol. The Bertz CT molecular complexity index is 764. The van der Waals surface area contributed by atoms with E-state index in [1.165, 1.54) is 18.2 Å². The summed E-state index contributed by atoms with van der Waals surface area (Å²) in [6, 6.07) is 5.42. The highest BCUT2D eigenvalue weighted by atomic mass is 19.4. The number of rotatable bonds is 3. The van der Waals surface area contributed by atoms with Crippen LogP contribution in [-0.4, -0.2) is 52.5 Å². The molecule has 0 unspecified atom stereocenters. The summed E-state index contributed by atoms with van der Waals surface area (Å²) in [5, 5.41) is 9.85. The molecule has 9 heteroatoms. The van der Waals surface area contributed by atoms with E-state index in [2.05, 4.69) is 9.72 Å². The number of nitrogens with zero attached hydrogens (tertiary/aromatic N) is 2. The second kappa shape index (κ2) is 6.01. The van der Waals surface area contributed by atoms with E-state index in [0.29, 0.717) is 18.0 Å². The van der Waals surface area contributed by atoms with Gasteiger partial charge in [0, 0.05) is 18.0 Å². The number of aliphatic hydroxyl groups is 1. The van der Waals surface area contributed by atoms with Gasteiger partial charge in [-0.2, -0.15) is 0 Å². The van der Waals surface area contributed by atoms with Crippen LogP contribution in [0.3, 0.4) is 0 Å². The number of hydrogen-bond donors (Lipinski definition) is 1. The first kappa shape index (κ1) is 16.4. The van der Waals surface area contributed by atoms with E-state index in [1.54, 1.807) is 23.0 Å². The normalized spacial score (nSPS) is 29.0. The lowest BCUT2D eigenvalue weighted by molar-refractivity contribution is -0.274. The molecule has 0 aliphatic carbocycles. The Balaban J connectivity index is 1.63. The molecule has 1 aromatic heterocycles. The highest BCUT2D eigenvalue weighted by Crippen LogP contribution is 2.37. The minimum atomic E-state index is -4.76. The van der Waals surface area contributed by atoms with Crippen molar-refractivity contribution in [2.24, 2.45) is 0 Å². The Hall–Kier alpha value is -2.10. The number of alkyl halides is 3. The van der Waals surface area contributed by atoms with Crippen molar-refractivity contribution in [2.45, 2.75) is 30.7 Å². The Morgan fingerprint density at radius 2 is 2.00 bits per heavy atom. The second-order valence-electron chi connectivity index (χ2n) is 5.96. The largest absolute Gasteiger partial charge is 0.573 e.